The molecule has 4 aromatic rings. The van der Waals surface area contributed by atoms with Crippen LogP contribution in [0.15, 0.2) is 77.8 Å². The molecular formula is C27H27N3S. The van der Waals surface area contributed by atoms with Crippen molar-refractivity contribution in [1.82, 2.24) is 9.88 Å². The lowest BCUT2D eigenvalue weighted by atomic mass is 9.90. The molecular weight excluding hydrogens is 398 g/mol. The van der Waals surface area contributed by atoms with Crippen LogP contribution in [0.4, 0.5) is 5.69 Å². The van der Waals surface area contributed by atoms with E-state index in [4.69, 9.17) is 0 Å². The maximum atomic E-state index is 4.65. The van der Waals surface area contributed by atoms with Crippen LogP contribution in [0, 0.1) is 5.92 Å². The van der Waals surface area contributed by atoms with Crippen LogP contribution in [-0.2, 0) is 6.42 Å². The van der Waals surface area contributed by atoms with E-state index in [1.54, 1.807) is 0 Å². The number of piperidine rings is 1. The summed E-state index contributed by atoms with van der Waals surface area (Å²) in [7, 11) is 0. The largest absolute Gasteiger partial charge is 0.310 e. The summed E-state index contributed by atoms with van der Waals surface area (Å²) >= 11 is 1.91. The van der Waals surface area contributed by atoms with E-state index in [0.29, 0.717) is 0 Å². The topological polar surface area (TPSA) is 19.4 Å². The van der Waals surface area contributed by atoms with E-state index in [9.17, 15) is 0 Å². The van der Waals surface area contributed by atoms with Crippen LogP contribution in [0.2, 0.25) is 0 Å². The molecule has 0 atom stereocenters. The molecule has 6 rings (SSSR count). The molecule has 2 aliphatic heterocycles. The Morgan fingerprint density at radius 1 is 0.871 bits per heavy atom. The molecule has 1 fully saturated rings. The van der Waals surface area contributed by atoms with Gasteiger partial charge in [-0.15, -0.1) is 0 Å². The molecule has 4 heteroatoms. The van der Waals surface area contributed by atoms with Crippen molar-refractivity contribution < 1.29 is 0 Å². The predicted octanol–water partition coefficient (Wildman–Crippen LogP) is 6.17. The lowest BCUT2D eigenvalue weighted by Crippen LogP contribution is -2.38. The number of rotatable bonds is 5. The van der Waals surface area contributed by atoms with Crippen LogP contribution in [0.25, 0.3) is 21.7 Å². The van der Waals surface area contributed by atoms with E-state index in [1.165, 1.54) is 58.2 Å². The molecule has 156 valence electrons. The molecule has 0 N–H and O–H groups in total. The summed E-state index contributed by atoms with van der Waals surface area (Å²) in [5, 5.41) is 4.04. The first kappa shape index (κ1) is 19.1. The third kappa shape index (κ3) is 3.79. The number of hydrogen-bond acceptors (Lipinski definition) is 4. The maximum absolute atomic E-state index is 4.65. The summed E-state index contributed by atoms with van der Waals surface area (Å²) in [6.45, 7) is 4.64. The monoisotopic (exact) mass is 425 g/mol. The Hall–Kier alpha value is -2.56. The van der Waals surface area contributed by atoms with Crippen molar-refractivity contribution in [2.24, 2.45) is 5.92 Å². The molecule has 0 unspecified atom stereocenters. The van der Waals surface area contributed by atoms with Gasteiger partial charge in [0.15, 0.2) is 0 Å². The van der Waals surface area contributed by atoms with Gasteiger partial charge in [0.05, 0.1) is 11.2 Å². The number of likely N-dealkylation sites (tertiary alicyclic amines) is 1. The first-order valence-corrected chi connectivity index (χ1v) is 12.1. The fraction of sp³-hybridized carbons (Fsp3) is 0.296. The molecule has 3 aromatic carbocycles. The Kier molecular flexibility index (Phi) is 5.05. The Labute approximate surface area is 188 Å². The van der Waals surface area contributed by atoms with Gasteiger partial charge in [-0.1, -0.05) is 42.5 Å². The molecule has 0 amide bonds. The first-order chi connectivity index (χ1) is 15.3. The van der Waals surface area contributed by atoms with Crippen molar-refractivity contribution in [3.05, 3.63) is 78.5 Å². The number of aromatic nitrogens is 1. The Balaban J connectivity index is 1.04. The second kappa shape index (κ2) is 8.18. The van der Waals surface area contributed by atoms with Crippen LogP contribution < -0.4 is 4.31 Å². The zero-order valence-corrected chi connectivity index (χ0v) is 18.5. The van der Waals surface area contributed by atoms with Gasteiger partial charge in [0.2, 0.25) is 0 Å². The van der Waals surface area contributed by atoms with Gasteiger partial charge in [0, 0.05) is 35.0 Å². The minimum Gasteiger partial charge on any atom is -0.310 e. The van der Waals surface area contributed by atoms with E-state index in [1.807, 2.05) is 11.9 Å². The van der Waals surface area contributed by atoms with Crippen LogP contribution in [0.3, 0.4) is 0 Å². The molecule has 1 saturated heterocycles. The molecule has 31 heavy (non-hydrogen) atoms. The molecule has 0 saturated carbocycles. The average molecular weight is 426 g/mol. The van der Waals surface area contributed by atoms with Crippen LogP contribution in [-0.4, -0.2) is 36.1 Å². The zero-order chi connectivity index (χ0) is 20.6. The third-order valence-electron chi connectivity index (χ3n) is 6.82. The standard InChI is InChI=1S/C27H27N3S/c1-2-8-24-23(5-1)18-21(19-28-24)17-20-11-13-29(14-12-20)15-16-30-25-9-3-6-22-7-4-10-26(31-30)27(22)25/h1-10,18-20H,11-17H2. The minimum absolute atomic E-state index is 0.776. The van der Waals surface area contributed by atoms with E-state index < -0.39 is 0 Å². The van der Waals surface area contributed by atoms with Gasteiger partial charge in [-0.25, -0.2) is 0 Å². The molecule has 1 aromatic heterocycles. The highest BCUT2D eigenvalue weighted by molar-refractivity contribution is 8.01. The van der Waals surface area contributed by atoms with E-state index in [2.05, 4.69) is 87.1 Å². The van der Waals surface area contributed by atoms with Gasteiger partial charge < -0.3 is 9.21 Å². The van der Waals surface area contributed by atoms with Crippen LogP contribution >= 0.6 is 11.9 Å². The lowest BCUT2D eigenvalue weighted by molar-refractivity contribution is 0.189. The highest BCUT2D eigenvalue weighted by Gasteiger charge is 2.24. The van der Waals surface area contributed by atoms with Gasteiger partial charge >= 0.3 is 0 Å². The lowest BCUT2D eigenvalue weighted by Gasteiger charge is -2.33. The van der Waals surface area contributed by atoms with Crippen molar-refractivity contribution in [2.75, 3.05) is 30.5 Å². The maximum Gasteiger partial charge on any atom is 0.0702 e. The van der Waals surface area contributed by atoms with Crippen molar-refractivity contribution in [1.29, 1.82) is 0 Å². The Morgan fingerprint density at radius 3 is 2.58 bits per heavy atom. The van der Waals surface area contributed by atoms with Crippen molar-refractivity contribution in [2.45, 2.75) is 24.2 Å². The minimum atomic E-state index is 0.776. The summed E-state index contributed by atoms with van der Waals surface area (Å²) in [6, 6.07) is 24.1. The molecule has 0 radical (unpaired) electrons. The second-order valence-corrected chi connectivity index (χ2v) is 9.91. The van der Waals surface area contributed by atoms with E-state index >= 15 is 0 Å². The molecule has 0 bridgehead atoms. The normalized spacial score (nSPS) is 17.1. The smallest absolute Gasteiger partial charge is 0.0702 e. The number of para-hydroxylation sites is 1. The van der Waals surface area contributed by atoms with Crippen molar-refractivity contribution in [3.63, 3.8) is 0 Å². The van der Waals surface area contributed by atoms with Gasteiger partial charge in [0.1, 0.15) is 0 Å². The number of nitrogens with zero attached hydrogens (tertiary/aromatic N) is 3. The van der Waals surface area contributed by atoms with Gasteiger partial charge in [-0.2, -0.15) is 0 Å². The highest BCUT2D eigenvalue weighted by Crippen LogP contribution is 2.45. The third-order valence-corrected chi connectivity index (χ3v) is 7.96. The SMILES string of the molecule is c1ccc2ncc(CC3CCN(CCN4Sc5cccc6cccc4c56)CC3)cc2c1. The quantitative estimate of drug-likeness (QED) is 0.356. The number of fused-ring (bicyclic) bond motifs is 1. The molecule has 3 heterocycles. The first-order valence-electron chi connectivity index (χ1n) is 11.4. The molecule has 0 spiro atoms. The van der Waals surface area contributed by atoms with Gasteiger partial charge in [0.25, 0.3) is 0 Å². The summed E-state index contributed by atoms with van der Waals surface area (Å²) in [6.07, 6.45) is 5.81. The molecule has 2 aliphatic rings. The van der Waals surface area contributed by atoms with E-state index in [0.717, 1.165) is 30.9 Å². The number of anilines is 1. The average Bonchev–Trinajstić information content (AvgIpc) is 3.18. The molecule has 0 aliphatic carbocycles. The zero-order valence-electron chi connectivity index (χ0n) is 17.7. The van der Waals surface area contributed by atoms with Gasteiger partial charge in [-0.3, -0.25) is 4.98 Å². The summed E-state index contributed by atoms with van der Waals surface area (Å²) in [4.78, 5) is 8.70. The van der Waals surface area contributed by atoms with Crippen molar-refractivity contribution in [3.8, 4) is 0 Å². The predicted molar refractivity (Wildman–Crippen MR) is 132 cm³/mol. The fourth-order valence-corrected chi connectivity index (χ4v) is 6.23. The molecule has 3 nitrogen and oxygen atoms in total. The fourth-order valence-electron chi connectivity index (χ4n) is 5.11. The number of hydrogen-bond donors (Lipinski definition) is 0. The summed E-state index contributed by atoms with van der Waals surface area (Å²) in [5.74, 6) is 0.776. The van der Waals surface area contributed by atoms with Crippen LogP contribution in [0.5, 0.6) is 0 Å². The highest BCUT2D eigenvalue weighted by atomic mass is 32.2. The summed E-state index contributed by atoms with van der Waals surface area (Å²) < 4.78 is 2.49. The summed E-state index contributed by atoms with van der Waals surface area (Å²) in [5.41, 5.74) is 3.87. The number of pyridine rings is 1. The van der Waals surface area contributed by atoms with E-state index in [-0.39, 0.29) is 0 Å². The Bertz CT molecular complexity index is 1220. The second-order valence-electron chi connectivity index (χ2n) is 8.85. The Morgan fingerprint density at radius 2 is 1.68 bits per heavy atom. The van der Waals surface area contributed by atoms with Crippen LogP contribution in [0.1, 0.15) is 18.4 Å². The number of benzene rings is 3. The van der Waals surface area contributed by atoms with Crippen molar-refractivity contribution >= 4 is 39.3 Å². The van der Waals surface area contributed by atoms with Gasteiger partial charge in [-0.05, 0) is 85.4 Å².